The lowest BCUT2D eigenvalue weighted by Crippen LogP contribution is -2.43. The SMILES string of the molecule is O=C(c1cc(I)ccc1Br)N(CCO)C1CCCCC1. The molecule has 1 aromatic carbocycles. The van der Waals surface area contributed by atoms with Gasteiger partial charge < -0.3 is 10.0 Å². The van der Waals surface area contributed by atoms with Crippen molar-refractivity contribution in [2.45, 2.75) is 38.1 Å². The first-order valence-electron chi connectivity index (χ1n) is 7.00. The molecule has 20 heavy (non-hydrogen) atoms. The van der Waals surface area contributed by atoms with Crippen LogP contribution in [0, 0.1) is 3.57 Å². The molecule has 110 valence electrons. The van der Waals surface area contributed by atoms with Gasteiger partial charge in [-0.25, -0.2) is 0 Å². The van der Waals surface area contributed by atoms with Crippen LogP contribution in [0.2, 0.25) is 0 Å². The number of aliphatic hydroxyl groups excluding tert-OH is 1. The summed E-state index contributed by atoms with van der Waals surface area (Å²) in [6.07, 6.45) is 5.70. The third-order valence-electron chi connectivity index (χ3n) is 3.78. The molecule has 0 aromatic heterocycles. The van der Waals surface area contributed by atoms with Gasteiger partial charge in [-0.2, -0.15) is 0 Å². The van der Waals surface area contributed by atoms with Crippen molar-refractivity contribution in [2.24, 2.45) is 0 Å². The Morgan fingerprint density at radius 1 is 1.35 bits per heavy atom. The van der Waals surface area contributed by atoms with Crippen LogP contribution in [0.15, 0.2) is 22.7 Å². The molecule has 0 spiro atoms. The summed E-state index contributed by atoms with van der Waals surface area (Å²) >= 11 is 5.67. The highest BCUT2D eigenvalue weighted by atomic mass is 127. The van der Waals surface area contributed by atoms with Gasteiger partial charge in [0.1, 0.15) is 0 Å². The summed E-state index contributed by atoms with van der Waals surface area (Å²) in [5.41, 5.74) is 0.691. The summed E-state index contributed by atoms with van der Waals surface area (Å²) in [4.78, 5) is 14.6. The Balaban J connectivity index is 2.23. The van der Waals surface area contributed by atoms with Gasteiger partial charge in [0.2, 0.25) is 0 Å². The number of carbonyl (C=O) groups is 1. The van der Waals surface area contributed by atoms with Crippen LogP contribution >= 0.6 is 38.5 Å². The number of hydrogen-bond acceptors (Lipinski definition) is 2. The Labute approximate surface area is 142 Å². The summed E-state index contributed by atoms with van der Waals surface area (Å²) in [5.74, 6) is 0.0244. The molecule has 0 atom stereocenters. The quantitative estimate of drug-likeness (QED) is 0.707. The fraction of sp³-hybridized carbons (Fsp3) is 0.533. The molecular formula is C15H19BrINO2. The Kier molecular flexibility index (Phi) is 6.29. The van der Waals surface area contributed by atoms with Crippen molar-refractivity contribution in [1.82, 2.24) is 4.90 Å². The van der Waals surface area contributed by atoms with E-state index in [1.165, 1.54) is 19.3 Å². The van der Waals surface area contributed by atoms with Crippen molar-refractivity contribution >= 4 is 44.4 Å². The molecule has 1 aromatic rings. The number of halogens is 2. The summed E-state index contributed by atoms with van der Waals surface area (Å²) in [7, 11) is 0. The van der Waals surface area contributed by atoms with Gasteiger partial charge in [-0.1, -0.05) is 19.3 Å². The Bertz CT molecular complexity index is 475. The van der Waals surface area contributed by atoms with E-state index in [0.29, 0.717) is 12.1 Å². The Morgan fingerprint density at radius 3 is 2.70 bits per heavy atom. The van der Waals surface area contributed by atoms with Crippen LogP contribution in [0.3, 0.4) is 0 Å². The van der Waals surface area contributed by atoms with E-state index in [0.717, 1.165) is 20.9 Å². The van der Waals surface area contributed by atoms with Gasteiger partial charge in [0.05, 0.1) is 12.2 Å². The fourth-order valence-corrected chi connectivity index (χ4v) is 3.67. The second-order valence-corrected chi connectivity index (χ2v) is 7.24. The fourth-order valence-electron chi connectivity index (χ4n) is 2.77. The predicted molar refractivity (Wildman–Crippen MR) is 91.9 cm³/mol. The van der Waals surface area contributed by atoms with E-state index in [-0.39, 0.29) is 18.6 Å². The minimum Gasteiger partial charge on any atom is -0.395 e. The standard InChI is InChI=1S/C15H19BrINO2/c16-14-7-6-11(17)10-13(14)15(20)18(8-9-19)12-4-2-1-3-5-12/h6-7,10,12,19H,1-5,8-9H2. The van der Waals surface area contributed by atoms with E-state index in [2.05, 4.69) is 38.5 Å². The topological polar surface area (TPSA) is 40.5 Å². The van der Waals surface area contributed by atoms with Crippen LogP contribution in [-0.4, -0.2) is 35.1 Å². The van der Waals surface area contributed by atoms with Gasteiger partial charge in [-0.3, -0.25) is 4.79 Å². The highest BCUT2D eigenvalue weighted by molar-refractivity contribution is 14.1. The third-order valence-corrected chi connectivity index (χ3v) is 5.14. The number of amides is 1. The molecule has 0 unspecified atom stereocenters. The van der Waals surface area contributed by atoms with Crippen LogP contribution in [0.5, 0.6) is 0 Å². The molecule has 1 saturated carbocycles. The number of nitrogens with zero attached hydrogens (tertiary/aromatic N) is 1. The zero-order chi connectivity index (χ0) is 14.5. The number of aliphatic hydroxyl groups is 1. The molecule has 0 heterocycles. The van der Waals surface area contributed by atoms with Crippen LogP contribution in [0.25, 0.3) is 0 Å². The van der Waals surface area contributed by atoms with Crippen LogP contribution < -0.4 is 0 Å². The second-order valence-electron chi connectivity index (χ2n) is 5.14. The molecule has 1 N–H and O–H groups in total. The minimum atomic E-state index is 0.0176. The number of hydrogen-bond donors (Lipinski definition) is 1. The van der Waals surface area contributed by atoms with Crippen molar-refractivity contribution in [3.63, 3.8) is 0 Å². The normalized spacial score (nSPS) is 16.1. The maximum atomic E-state index is 12.8. The summed E-state index contributed by atoms with van der Waals surface area (Å²) in [6, 6.07) is 6.05. The molecule has 1 aliphatic carbocycles. The lowest BCUT2D eigenvalue weighted by molar-refractivity contribution is 0.0584. The molecule has 1 amide bonds. The maximum absolute atomic E-state index is 12.8. The molecule has 1 aliphatic rings. The number of benzene rings is 1. The van der Waals surface area contributed by atoms with Crippen molar-refractivity contribution in [3.8, 4) is 0 Å². The lowest BCUT2D eigenvalue weighted by Gasteiger charge is -2.34. The zero-order valence-corrected chi connectivity index (χ0v) is 15.1. The smallest absolute Gasteiger partial charge is 0.255 e. The highest BCUT2D eigenvalue weighted by Crippen LogP contribution is 2.26. The van der Waals surface area contributed by atoms with E-state index < -0.39 is 0 Å². The van der Waals surface area contributed by atoms with Crippen LogP contribution in [-0.2, 0) is 0 Å². The number of carbonyl (C=O) groups excluding carboxylic acids is 1. The van der Waals surface area contributed by atoms with Gasteiger partial charge in [0.15, 0.2) is 0 Å². The average Bonchev–Trinajstić information content (AvgIpc) is 2.47. The second kappa shape index (κ2) is 7.75. The van der Waals surface area contributed by atoms with Gasteiger partial charge in [0, 0.05) is 20.6 Å². The predicted octanol–water partition coefficient (Wildman–Crippen LogP) is 3.82. The Morgan fingerprint density at radius 2 is 2.05 bits per heavy atom. The molecule has 0 saturated heterocycles. The summed E-state index contributed by atoms with van der Waals surface area (Å²) in [6.45, 7) is 0.436. The molecule has 5 heteroatoms. The maximum Gasteiger partial charge on any atom is 0.255 e. The van der Waals surface area contributed by atoms with Gasteiger partial charge >= 0.3 is 0 Å². The molecule has 0 radical (unpaired) electrons. The first-order valence-corrected chi connectivity index (χ1v) is 8.87. The Hall–Kier alpha value is -0.140. The molecular weight excluding hydrogens is 433 g/mol. The monoisotopic (exact) mass is 451 g/mol. The third kappa shape index (κ3) is 3.95. The first-order chi connectivity index (χ1) is 9.63. The molecule has 3 nitrogen and oxygen atoms in total. The van der Waals surface area contributed by atoms with E-state index >= 15 is 0 Å². The van der Waals surface area contributed by atoms with E-state index in [1.807, 2.05) is 23.1 Å². The van der Waals surface area contributed by atoms with Gasteiger partial charge in [-0.15, -0.1) is 0 Å². The van der Waals surface area contributed by atoms with Crippen molar-refractivity contribution in [3.05, 3.63) is 31.8 Å². The summed E-state index contributed by atoms with van der Waals surface area (Å²) < 4.78 is 1.86. The van der Waals surface area contributed by atoms with Crippen LogP contribution in [0.4, 0.5) is 0 Å². The van der Waals surface area contributed by atoms with Crippen molar-refractivity contribution < 1.29 is 9.90 Å². The average molecular weight is 452 g/mol. The minimum absolute atomic E-state index is 0.0176. The first kappa shape index (κ1) is 16.2. The van der Waals surface area contributed by atoms with E-state index in [4.69, 9.17) is 0 Å². The van der Waals surface area contributed by atoms with Crippen LogP contribution in [0.1, 0.15) is 42.5 Å². The van der Waals surface area contributed by atoms with Crippen molar-refractivity contribution in [1.29, 1.82) is 0 Å². The van der Waals surface area contributed by atoms with Crippen molar-refractivity contribution in [2.75, 3.05) is 13.2 Å². The van der Waals surface area contributed by atoms with E-state index in [1.54, 1.807) is 0 Å². The lowest BCUT2D eigenvalue weighted by atomic mass is 9.93. The van der Waals surface area contributed by atoms with Gasteiger partial charge in [-0.05, 0) is 69.6 Å². The summed E-state index contributed by atoms with van der Waals surface area (Å²) in [5, 5.41) is 9.28. The largest absolute Gasteiger partial charge is 0.395 e. The zero-order valence-electron chi connectivity index (χ0n) is 11.3. The highest BCUT2D eigenvalue weighted by Gasteiger charge is 2.26. The molecule has 2 rings (SSSR count). The molecule has 0 bridgehead atoms. The van der Waals surface area contributed by atoms with Gasteiger partial charge in [0.25, 0.3) is 5.91 Å². The molecule has 0 aliphatic heterocycles. The molecule has 1 fully saturated rings. The van der Waals surface area contributed by atoms with E-state index in [9.17, 15) is 9.90 Å². The number of rotatable bonds is 4.